The summed E-state index contributed by atoms with van der Waals surface area (Å²) >= 11 is 0. The molecule has 0 saturated heterocycles. The van der Waals surface area contributed by atoms with Gasteiger partial charge in [0.2, 0.25) is 0 Å². The van der Waals surface area contributed by atoms with Crippen LogP contribution in [-0.4, -0.2) is 21.0 Å². The van der Waals surface area contributed by atoms with Gasteiger partial charge in [0, 0.05) is 0 Å². The lowest BCUT2D eigenvalue weighted by molar-refractivity contribution is -0.144. The topological polar surface area (TPSA) is 63.7 Å². The quantitative estimate of drug-likeness (QED) is 0.539. The van der Waals surface area contributed by atoms with Gasteiger partial charge < -0.3 is 4.74 Å². The molecule has 3 rings (SSSR count). The minimum Gasteiger partial charge on any atom is -0.464 e. The van der Waals surface area contributed by atoms with Gasteiger partial charge in [-0.25, -0.2) is 17.5 Å². The molecule has 1 atom stereocenters. The molecule has 0 saturated carbocycles. The van der Waals surface area contributed by atoms with E-state index in [9.17, 15) is 13.2 Å². The molecule has 0 N–H and O–H groups in total. The summed E-state index contributed by atoms with van der Waals surface area (Å²) in [5.41, 5.74) is 1.86. The first-order valence-corrected chi connectivity index (χ1v) is 10.8. The lowest BCUT2D eigenvalue weighted by Crippen LogP contribution is -2.40. The number of anilines is 1. The second-order valence-corrected chi connectivity index (χ2v) is 8.33. The molecule has 0 radical (unpaired) electrons. The molecule has 0 aliphatic heterocycles. The normalized spacial score (nSPS) is 12.2. The van der Waals surface area contributed by atoms with Crippen LogP contribution in [0.1, 0.15) is 24.1 Å². The average molecular weight is 410 g/mol. The third-order valence-electron chi connectivity index (χ3n) is 4.45. The van der Waals surface area contributed by atoms with Crippen LogP contribution in [-0.2, 0) is 19.6 Å². The SMILES string of the molecule is CCOC(=O)[C@H](c1ccccc1)N(c1ccccc1)S(=O)(=O)c1ccc(C)cc1. The van der Waals surface area contributed by atoms with Crippen molar-refractivity contribution in [2.45, 2.75) is 24.8 Å². The maximum absolute atomic E-state index is 13.7. The molecule has 29 heavy (non-hydrogen) atoms. The highest BCUT2D eigenvalue weighted by molar-refractivity contribution is 7.92. The molecule has 0 unspecified atom stereocenters. The number of carbonyl (C=O) groups excluding carboxylic acids is 1. The number of para-hydroxylation sites is 1. The van der Waals surface area contributed by atoms with Crippen LogP contribution in [0.5, 0.6) is 0 Å². The zero-order valence-electron chi connectivity index (χ0n) is 16.4. The van der Waals surface area contributed by atoms with Gasteiger partial charge in [-0.1, -0.05) is 66.2 Å². The van der Waals surface area contributed by atoms with Crippen LogP contribution < -0.4 is 4.31 Å². The van der Waals surface area contributed by atoms with Crippen molar-refractivity contribution in [2.75, 3.05) is 10.9 Å². The molecule has 0 aromatic heterocycles. The molecule has 0 aliphatic rings. The summed E-state index contributed by atoms with van der Waals surface area (Å²) in [7, 11) is -4.05. The number of benzene rings is 3. The number of aryl methyl sites for hydroxylation is 1. The maximum Gasteiger partial charge on any atom is 0.334 e. The monoisotopic (exact) mass is 409 g/mol. The predicted molar refractivity (Wildman–Crippen MR) is 113 cm³/mol. The summed E-state index contributed by atoms with van der Waals surface area (Å²) in [5, 5.41) is 0. The van der Waals surface area contributed by atoms with Gasteiger partial charge in [0.25, 0.3) is 10.0 Å². The molecular weight excluding hydrogens is 386 g/mol. The number of carbonyl (C=O) groups is 1. The molecule has 6 heteroatoms. The third kappa shape index (κ3) is 4.49. The Morgan fingerprint density at radius 3 is 2.00 bits per heavy atom. The molecule has 150 valence electrons. The van der Waals surface area contributed by atoms with Gasteiger partial charge in [0.05, 0.1) is 17.2 Å². The molecule has 0 heterocycles. The van der Waals surface area contributed by atoms with E-state index in [-0.39, 0.29) is 11.5 Å². The Balaban J connectivity index is 2.23. The first-order valence-electron chi connectivity index (χ1n) is 9.33. The minimum atomic E-state index is -4.05. The van der Waals surface area contributed by atoms with Gasteiger partial charge >= 0.3 is 5.97 Å². The van der Waals surface area contributed by atoms with Gasteiger partial charge in [-0.05, 0) is 43.7 Å². The summed E-state index contributed by atoms with van der Waals surface area (Å²) < 4.78 is 33.8. The van der Waals surface area contributed by atoms with E-state index < -0.39 is 22.0 Å². The largest absolute Gasteiger partial charge is 0.464 e. The van der Waals surface area contributed by atoms with Gasteiger partial charge in [0.1, 0.15) is 0 Å². The highest BCUT2D eigenvalue weighted by atomic mass is 32.2. The second-order valence-electron chi connectivity index (χ2n) is 6.51. The van der Waals surface area contributed by atoms with Crippen LogP contribution >= 0.6 is 0 Å². The van der Waals surface area contributed by atoms with Crippen LogP contribution in [0.25, 0.3) is 0 Å². The van der Waals surface area contributed by atoms with Crippen LogP contribution in [0, 0.1) is 6.92 Å². The smallest absolute Gasteiger partial charge is 0.334 e. The van der Waals surface area contributed by atoms with Crippen molar-refractivity contribution >= 4 is 21.7 Å². The summed E-state index contributed by atoms with van der Waals surface area (Å²) in [5.74, 6) is -0.627. The highest BCUT2D eigenvalue weighted by Gasteiger charge is 2.38. The number of hydrogen-bond donors (Lipinski definition) is 0. The first kappa shape index (κ1) is 20.6. The van der Waals surface area contributed by atoms with Crippen molar-refractivity contribution in [3.63, 3.8) is 0 Å². The number of nitrogens with zero attached hydrogens (tertiary/aromatic N) is 1. The van der Waals surface area contributed by atoms with Crippen molar-refractivity contribution in [3.8, 4) is 0 Å². The van der Waals surface area contributed by atoms with Crippen LogP contribution in [0.3, 0.4) is 0 Å². The highest BCUT2D eigenvalue weighted by Crippen LogP contribution is 2.34. The lowest BCUT2D eigenvalue weighted by Gasteiger charge is -2.31. The standard InChI is InChI=1S/C23H23NO4S/c1-3-28-23(25)22(19-10-6-4-7-11-19)24(20-12-8-5-9-13-20)29(26,27)21-16-14-18(2)15-17-21/h4-17,22H,3H2,1-2H3/t22-/m0/s1. The number of sulfonamides is 1. The van der Waals surface area contributed by atoms with E-state index in [2.05, 4.69) is 0 Å². The summed E-state index contributed by atoms with van der Waals surface area (Å²) in [4.78, 5) is 13.1. The van der Waals surface area contributed by atoms with Crippen LogP contribution in [0.4, 0.5) is 5.69 Å². The Kier molecular flexibility index (Phi) is 6.34. The Hall–Kier alpha value is -3.12. The molecule has 0 bridgehead atoms. The van der Waals surface area contributed by atoms with E-state index in [1.54, 1.807) is 85.8 Å². The van der Waals surface area contributed by atoms with E-state index in [4.69, 9.17) is 4.74 Å². The van der Waals surface area contributed by atoms with E-state index >= 15 is 0 Å². The van der Waals surface area contributed by atoms with E-state index in [0.29, 0.717) is 11.3 Å². The van der Waals surface area contributed by atoms with Gasteiger partial charge in [-0.15, -0.1) is 0 Å². The van der Waals surface area contributed by atoms with Gasteiger partial charge in [0.15, 0.2) is 6.04 Å². The summed E-state index contributed by atoms with van der Waals surface area (Å²) in [6.07, 6.45) is 0. The Labute approximate surface area is 171 Å². The van der Waals surface area contributed by atoms with Crippen molar-refractivity contribution in [1.82, 2.24) is 0 Å². The maximum atomic E-state index is 13.7. The molecular formula is C23H23NO4S. The first-order chi connectivity index (χ1) is 13.9. The summed E-state index contributed by atoms with van der Waals surface area (Å²) in [6.45, 7) is 3.73. The minimum absolute atomic E-state index is 0.109. The van der Waals surface area contributed by atoms with Crippen LogP contribution in [0.15, 0.2) is 89.8 Å². The predicted octanol–water partition coefficient (Wildman–Crippen LogP) is 4.49. The van der Waals surface area contributed by atoms with Gasteiger partial charge in [-0.3, -0.25) is 0 Å². The molecule has 3 aromatic carbocycles. The Morgan fingerprint density at radius 2 is 1.45 bits per heavy atom. The zero-order chi connectivity index (χ0) is 20.9. The lowest BCUT2D eigenvalue weighted by atomic mass is 10.1. The van der Waals surface area contributed by atoms with E-state index in [0.717, 1.165) is 9.87 Å². The average Bonchev–Trinajstić information content (AvgIpc) is 2.73. The molecule has 0 fully saturated rings. The fourth-order valence-electron chi connectivity index (χ4n) is 3.05. The van der Waals surface area contributed by atoms with Gasteiger partial charge in [-0.2, -0.15) is 0 Å². The van der Waals surface area contributed by atoms with Crippen LogP contribution in [0.2, 0.25) is 0 Å². The van der Waals surface area contributed by atoms with Crippen molar-refractivity contribution in [1.29, 1.82) is 0 Å². The number of ether oxygens (including phenoxy) is 1. The number of esters is 1. The van der Waals surface area contributed by atoms with E-state index in [1.165, 1.54) is 0 Å². The number of rotatable bonds is 7. The zero-order valence-corrected chi connectivity index (χ0v) is 17.2. The molecule has 3 aromatic rings. The van der Waals surface area contributed by atoms with Crippen molar-refractivity contribution in [2.24, 2.45) is 0 Å². The number of hydrogen-bond acceptors (Lipinski definition) is 4. The molecule has 0 spiro atoms. The fraction of sp³-hybridized carbons (Fsp3) is 0.174. The Bertz CT molecular complexity index is 1050. The summed E-state index contributed by atoms with van der Waals surface area (Å²) in [6, 6.07) is 22.8. The molecule has 0 aliphatic carbocycles. The van der Waals surface area contributed by atoms with Crippen molar-refractivity contribution in [3.05, 3.63) is 96.1 Å². The second kappa shape index (κ2) is 8.92. The fourth-order valence-corrected chi connectivity index (χ4v) is 4.64. The third-order valence-corrected chi connectivity index (χ3v) is 6.26. The van der Waals surface area contributed by atoms with E-state index in [1.807, 2.05) is 13.0 Å². The molecule has 5 nitrogen and oxygen atoms in total. The molecule has 0 amide bonds. The van der Waals surface area contributed by atoms with Crippen molar-refractivity contribution < 1.29 is 17.9 Å². The Morgan fingerprint density at radius 1 is 0.897 bits per heavy atom.